The topological polar surface area (TPSA) is 59.0 Å². The molecule has 3 atom stereocenters. The van der Waals surface area contributed by atoms with Crippen LogP contribution in [0.1, 0.15) is 57.9 Å². The van der Waals surface area contributed by atoms with Gasteiger partial charge in [0.1, 0.15) is 0 Å². The fourth-order valence-electron chi connectivity index (χ4n) is 4.46. The number of likely N-dealkylation sites (tertiary alicyclic amines) is 1. The molecule has 1 aliphatic carbocycles. The minimum Gasteiger partial charge on any atom is -0.493 e. The fraction of sp³-hybridized carbons (Fsp3) is 0.636. The highest BCUT2D eigenvalue weighted by Gasteiger charge is 2.48. The van der Waals surface area contributed by atoms with Gasteiger partial charge in [-0.3, -0.25) is 4.79 Å². The van der Waals surface area contributed by atoms with E-state index in [0.717, 1.165) is 29.9 Å². The molecule has 27 heavy (non-hydrogen) atoms. The van der Waals surface area contributed by atoms with Gasteiger partial charge in [-0.05, 0) is 50.3 Å². The van der Waals surface area contributed by atoms with E-state index in [1.807, 2.05) is 30.0 Å². The molecule has 0 spiro atoms. The van der Waals surface area contributed by atoms with Crippen LogP contribution in [0, 0.1) is 11.8 Å². The summed E-state index contributed by atoms with van der Waals surface area (Å²) in [5, 5.41) is 10.5. The number of methoxy groups -OCH3 is 1. The Hall–Kier alpha value is -1.75. The summed E-state index contributed by atoms with van der Waals surface area (Å²) in [5.74, 6) is 1.55. The number of amides is 1. The van der Waals surface area contributed by atoms with Crippen LogP contribution in [0.2, 0.25) is 0 Å². The summed E-state index contributed by atoms with van der Waals surface area (Å²) < 4.78 is 11.8. The summed E-state index contributed by atoms with van der Waals surface area (Å²) in [6.45, 7) is 6.78. The van der Waals surface area contributed by atoms with E-state index in [4.69, 9.17) is 9.47 Å². The summed E-state index contributed by atoms with van der Waals surface area (Å²) in [6, 6.07) is 6.03. The molecule has 0 aromatic heterocycles. The van der Waals surface area contributed by atoms with E-state index in [2.05, 4.69) is 6.92 Å². The number of nitrogens with zero attached hydrogens (tertiary/aromatic N) is 1. The second-order valence-electron chi connectivity index (χ2n) is 8.18. The van der Waals surface area contributed by atoms with E-state index in [-0.39, 0.29) is 17.9 Å². The lowest BCUT2D eigenvalue weighted by Gasteiger charge is -2.34. The number of hydrogen-bond acceptors (Lipinski definition) is 4. The zero-order valence-corrected chi connectivity index (χ0v) is 16.9. The van der Waals surface area contributed by atoms with Crippen LogP contribution in [0.3, 0.4) is 0 Å². The molecule has 1 saturated carbocycles. The number of aliphatic hydroxyl groups is 1. The maximum absolute atomic E-state index is 12.2. The zero-order chi connectivity index (χ0) is 19.6. The molecule has 1 aromatic rings. The Labute approximate surface area is 162 Å². The monoisotopic (exact) mass is 374 g/mol. The van der Waals surface area contributed by atoms with E-state index in [9.17, 15) is 9.90 Å². The van der Waals surface area contributed by atoms with Gasteiger partial charge < -0.3 is 19.5 Å². The number of aliphatic hydroxyl groups excluding tert-OH is 1. The quantitative estimate of drug-likeness (QED) is 0.827. The molecule has 0 bridgehead atoms. The number of carbonyl (C=O) groups excluding carboxylic acids is 1. The van der Waals surface area contributed by atoms with E-state index >= 15 is 0 Å². The SMILES string of the molecule is C[CH]C(=O)N1C[C@@H](c2ccc(OC)c(OC3CCCC3)c2)[C@](C)(C(C)O)C1. The Morgan fingerprint density at radius 2 is 2.04 bits per heavy atom. The minimum absolute atomic E-state index is 0.0142. The largest absolute Gasteiger partial charge is 0.493 e. The average molecular weight is 375 g/mol. The second-order valence-corrected chi connectivity index (χ2v) is 8.18. The molecule has 5 nitrogen and oxygen atoms in total. The molecule has 5 heteroatoms. The van der Waals surface area contributed by atoms with Crippen molar-refractivity contribution >= 4 is 5.91 Å². The third kappa shape index (κ3) is 3.93. The van der Waals surface area contributed by atoms with E-state index < -0.39 is 11.5 Å². The van der Waals surface area contributed by atoms with E-state index in [0.29, 0.717) is 13.1 Å². The van der Waals surface area contributed by atoms with Crippen LogP contribution in [-0.4, -0.2) is 48.3 Å². The summed E-state index contributed by atoms with van der Waals surface area (Å²) >= 11 is 0. The van der Waals surface area contributed by atoms with Gasteiger partial charge in [-0.25, -0.2) is 0 Å². The van der Waals surface area contributed by atoms with Gasteiger partial charge in [-0.1, -0.05) is 19.9 Å². The van der Waals surface area contributed by atoms with Crippen LogP contribution in [0.25, 0.3) is 0 Å². The smallest absolute Gasteiger partial charge is 0.226 e. The van der Waals surface area contributed by atoms with Gasteiger partial charge in [-0.2, -0.15) is 0 Å². The van der Waals surface area contributed by atoms with E-state index in [1.54, 1.807) is 20.5 Å². The maximum atomic E-state index is 12.2. The highest BCUT2D eigenvalue weighted by Crippen LogP contribution is 2.47. The van der Waals surface area contributed by atoms with Crippen molar-refractivity contribution in [3.8, 4) is 11.5 Å². The Morgan fingerprint density at radius 1 is 1.33 bits per heavy atom. The second kappa shape index (κ2) is 8.09. The van der Waals surface area contributed by atoms with Crippen molar-refractivity contribution in [2.75, 3.05) is 20.2 Å². The predicted octanol–water partition coefficient (Wildman–Crippen LogP) is 3.55. The van der Waals surface area contributed by atoms with Crippen LogP contribution >= 0.6 is 0 Å². The Bertz CT molecular complexity index is 668. The molecule has 1 radical (unpaired) electrons. The predicted molar refractivity (Wildman–Crippen MR) is 105 cm³/mol. The lowest BCUT2D eigenvalue weighted by atomic mass is 9.72. The average Bonchev–Trinajstić information content (AvgIpc) is 3.29. The molecular formula is C22H32NO4. The molecule has 1 saturated heterocycles. The molecule has 1 unspecified atom stereocenters. The lowest BCUT2D eigenvalue weighted by molar-refractivity contribution is -0.127. The summed E-state index contributed by atoms with van der Waals surface area (Å²) in [6.07, 6.45) is 5.88. The number of ether oxygens (including phenoxy) is 2. The fourth-order valence-corrected chi connectivity index (χ4v) is 4.46. The molecule has 2 fully saturated rings. The zero-order valence-electron chi connectivity index (χ0n) is 16.9. The Balaban J connectivity index is 1.91. The van der Waals surface area contributed by atoms with Crippen LogP contribution in [0.4, 0.5) is 0 Å². The van der Waals surface area contributed by atoms with Crippen molar-refractivity contribution in [2.45, 2.75) is 64.6 Å². The Kier molecular flexibility index (Phi) is 5.99. The molecule has 3 rings (SSSR count). The third-order valence-corrected chi connectivity index (χ3v) is 6.43. The van der Waals surface area contributed by atoms with Crippen molar-refractivity contribution in [3.63, 3.8) is 0 Å². The molecule has 1 aliphatic heterocycles. The van der Waals surface area contributed by atoms with Crippen molar-refractivity contribution in [1.82, 2.24) is 4.90 Å². The van der Waals surface area contributed by atoms with Crippen LogP contribution < -0.4 is 9.47 Å². The van der Waals surface area contributed by atoms with Gasteiger partial charge in [0.15, 0.2) is 11.5 Å². The number of benzene rings is 1. The van der Waals surface area contributed by atoms with Crippen molar-refractivity contribution in [1.29, 1.82) is 0 Å². The first kappa shape index (κ1) is 20.0. The summed E-state index contributed by atoms with van der Waals surface area (Å²) in [4.78, 5) is 14.1. The number of rotatable bonds is 6. The van der Waals surface area contributed by atoms with Gasteiger partial charge in [0.05, 0.1) is 19.3 Å². The normalized spacial score (nSPS) is 27.0. The Morgan fingerprint density at radius 3 is 2.63 bits per heavy atom. The first-order valence-electron chi connectivity index (χ1n) is 10.00. The van der Waals surface area contributed by atoms with Crippen molar-refractivity contribution in [2.24, 2.45) is 5.41 Å². The minimum atomic E-state index is -0.529. The van der Waals surface area contributed by atoms with Crippen molar-refractivity contribution in [3.05, 3.63) is 30.2 Å². The van der Waals surface area contributed by atoms with Gasteiger partial charge in [0.25, 0.3) is 0 Å². The van der Waals surface area contributed by atoms with Gasteiger partial charge in [-0.15, -0.1) is 0 Å². The molecule has 149 valence electrons. The third-order valence-electron chi connectivity index (χ3n) is 6.43. The first-order valence-corrected chi connectivity index (χ1v) is 10.00. The lowest BCUT2D eigenvalue weighted by Crippen LogP contribution is -2.38. The van der Waals surface area contributed by atoms with Crippen LogP contribution in [0.15, 0.2) is 18.2 Å². The number of carbonyl (C=O) groups is 1. The maximum Gasteiger partial charge on any atom is 0.226 e. The van der Waals surface area contributed by atoms with Crippen molar-refractivity contribution < 1.29 is 19.4 Å². The highest BCUT2D eigenvalue weighted by atomic mass is 16.5. The molecular weight excluding hydrogens is 342 g/mol. The van der Waals surface area contributed by atoms with E-state index in [1.165, 1.54) is 12.8 Å². The molecule has 1 N–H and O–H groups in total. The van der Waals surface area contributed by atoms with Gasteiger partial charge in [0.2, 0.25) is 5.91 Å². The molecule has 1 aromatic carbocycles. The summed E-state index contributed by atoms with van der Waals surface area (Å²) in [5.41, 5.74) is 0.677. The molecule has 2 aliphatic rings. The van der Waals surface area contributed by atoms with Gasteiger partial charge >= 0.3 is 0 Å². The molecule has 1 heterocycles. The first-order chi connectivity index (χ1) is 12.9. The van der Waals surface area contributed by atoms with Gasteiger partial charge in [0, 0.05) is 30.8 Å². The highest BCUT2D eigenvalue weighted by molar-refractivity contribution is 5.84. The summed E-state index contributed by atoms with van der Waals surface area (Å²) in [7, 11) is 1.66. The molecule has 1 amide bonds. The van der Waals surface area contributed by atoms with Crippen LogP contribution in [-0.2, 0) is 4.79 Å². The van der Waals surface area contributed by atoms with Crippen LogP contribution in [0.5, 0.6) is 11.5 Å². The standard InChI is InChI=1S/C22H32NO4/c1-5-21(25)23-13-18(22(3,14-23)15(2)24)16-10-11-19(26-4)20(12-16)27-17-8-6-7-9-17/h5,10-12,15,17-18,24H,6-9,13-14H2,1-4H3/t15?,18-,22-/m0/s1. The number of hydrogen-bond donors (Lipinski definition) is 1.